The number of likely N-dealkylation sites (N-methyl/N-ethyl adjacent to an activating group) is 1. The molecule has 2 fully saturated rings. The topological polar surface area (TPSA) is 74.8 Å². The summed E-state index contributed by atoms with van der Waals surface area (Å²) < 4.78 is 10.5. The summed E-state index contributed by atoms with van der Waals surface area (Å²) in [6.45, 7) is 3.88. The smallest absolute Gasteiger partial charge is 0.113 e. The lowest BCUT2D eigenvalue weighted by Gasteiger charge is -2.41. The molecule has 0 saturated carbocycles. The minimum Gasteiger partial charge on any atom is -0.381 e. The maximum Gasteiger partial charge on any atom is 0.113 e. The van der Waals surface area contributed by atoms with Crippen LogP contribution in [0.2, 0.25) is 0 Å². The van der Waals surface area contributed by atoms with Crippen molar-refractivity contribution >= 4 is 0 Å². The number of hydrogen-bond donors (Lipinski definition) is 1. The molecule has 0 aromatic rings. The highest BCUT2D eigenvalue weighted by Gasteiger charge is 2.34. The third-order valence-electron chi connectivity index (χ3n) is 5.14. The SMILES string of the molecule is CN(C)C1(C#N)CCOCC1.CN(C)C1(CN)CCOCC1. The van der Waals surface area contributed by atoms with Gasteiger partial charge in [-0.3, -0.25) is 4.90 Å². The van der Waals surface area contributed by atoms with Gasteiger partial charge in [0.2, 0.25) is 0 Å². The van der Waals surface area contributed by atoms with Crippen LogP contribution in [0.25, 0.3) is 0 Å². The molecule has 0 aliphatic carbocycles. The van der Waals surface area contributed by atoms with Crippen molar-refractivity contribution in [2.24, 2.45) is 5.73 Å². The Morgan fingerprint density at radius 3 is 1.59 bits per heavy atom. The summed E-state index contributed by atoms with van der Waals surface area (Å²) in [6.07, 6.45) is 3.79. The van der Waals surface area contributed by atoms with Gasteiger partial charge in [-0.15, -0.1) is 0 Å². The molecule has 2 aliphatic heterocycles. The third-order valence-corrected chi connectivity index (χ3v) is 5.14. The van der Waals surface area contributed by atoms with E-state index < -0.39 is 0 Å². The van der Waals surface area contributed by atoms with Crippen LogP contribution in [0.5, 0.6) is 0 Å². The van der Waals surface area contributed by atoms with Crippen LogP contribution in [0.3, 0.4) is 0 Å². The zero-order valence-corrected chi connectivity index (χ0v) is 14.6. The van der Waals surface area contributed by atoms with Gasteiger partial charge in [0.25, 0.3) is 0 Å². The average Bonchev–Trinajstić information content (AvgIpc) is 2.56. The minimum absolute atomic E-state index is 0.207. The highest BCUT2D eigenvalue weighted by atomic mass is 16.5. The van der Waals surface area contributed by atoms with Crippen molar-refractivity contribution in [2.75, 3.05) is 61.2 Å². The minimum atomic E-state index is -0.266. The van der Waals surface area contributed by atoms with Gasteiger partial charge in [0.1, 0.15) is 5.54 Å². The quantitative estimate of drug-likeness (QED) is 0.826. The van der Waals surface area contributed by atoms with Crippen molar-refractivity contribution in [1.29, 1.82) is 5.26 Å². The Hall–Kier alpha value is -0.710. The first kappa shape index (κ1) is 19.3. The number of nitrogens with two attached hydrogens (primary N) is 1. The predicted octanol–water partition coefficient (Wildman–Crippen LogP) is 0.677. The Kier molecular flexibility index (Phi) is 7.74. The summed E-state index contributed by atoms with van der Waals surface area (Å²) in [5.74, 6) is 0. The molecule has 0 bridgehead atoms. The van der Waals surface area contributed by atoms with Crippen LogP contribution < -0.4 is 5.73 Å². The number of nitrogens with zero attached hydrogens (tertiary/aromatic N) is 3. The fourth-order valence-corrected chi connectivity index (χ4v) is 2.95. The fourth-order valence-electron chi connectivity index (χ4n) is 2.95. The van der Waals surface area contributed by atoms with Crippen LogP contribution in [0, 0.1) is 11.3 Å². The second-order valence-electron chi connectivity index (χ2n) is 6.59. The molecule has 0 aromatic heterocycles. The lowest BCUT2D eigenvalue weighted by molar-refractivity contribution is -0.00275. The second kappa shape index (κ2) is 8.80. The number of rotatable bonds is 3. The molecular weight excluding hydrogens is 280 g/mol. The molecule has 0 aromatic carbocycles. The van der Waals surface area contributed by atoms with Gasteiger partial charge in [-0.25, -0.2) is 0 Å². The molecule has 0 unspecified atom stereocenters. The van der Waals surface area contributed by atoms with Crippen LogP contribution in [-0.4, -0.2) is 82.0 Å². The molecule has 2 aliphatic rings. The summed E-state index contributed by atoms with van der Waals surface area (Å²) in [5.41, 5.74) is 5.68. The Labute approximate surface area is 135 Å². The molecule has 0 spiro atoms. The van der Waals surface area contributed by atoms with Gasteiger partial charge >= 0.3 is 0 Å². The molecule has 0 amide bonds. The Morgan fingerprint density at radius 1 is 0.909 bits per heavy atom. The molecule has 2 heterocycles. The predicted molar refractivity (Wildman–Crippen MR) is 87.6 cm³/mol. The normalized spacial score (nSPS) is 23.5. The van der Waals surface area contributed by atoms with Crippen LogP contribution in [0.15, 0.2) is 0 Å². The van der Waals surface area contributed by atoms with E-state index in [1.54, 1.807) is 0 Å². The van der Waals surface area contributed by atoms with Crippen molar-refractivity contribution in [3.8, 4) is 6.07 Å². The summed E-state index contributed by atoms with van der Waals surface area (Å²) >= 11 is 0. The van der Waals surface area contributed by atoms with Gasteiger partial charge in [-0.05, 0) is 41.0 Å². The Morgan fingerprint density at radius 2 is 1.36 bits per heavy atom. The molecule has 6 nitrogen and oxygen atoms in total. The largest absolute Gasteiger partial charge is 0.381 e. The zero-order chi connectivity index (χ0) is 16.6. The molecular formula is C16H32N4O2. The van der Waals surface area contributed by atoms with Crippen LogP contribution >= 0.6 is 0 Å². The van der Waals surface area contributed by atoms with E-state index in [-0.39, 0.29) is 11.1 Å². The molecule has 0 radical (unpaired) electrons. The summed E-state index contributed by atoms with van der Waals surface area (Å²) in [7, 11) is 8.10. The maximum atomic E-state index is 8.96. The van der Waals surface area contributed by atoms with Crippen LogP contribution in [0.1, 0.15) is 25.7 Å². The monoisotopic (exact) mass is 312 g/mol. The van der Waals surface area contributed by atoms with Gasteiger partial charge in [0, 0.05) is 51.4 Å². The van der Waals surface area contributed by atoms with E-state index in [0.29, 0.717) is 13.2 Å². The summed E-state index contributed by atoms with van der Waals surface area (Å²) in [6, 6.07) is 2.36. The van der Waals surface area contributed by atoms with E-state index >= 15 is 0 Å². The van der Waals surface area contributed by atoms with E-state index in [1.807, 2.05) is 19.0 Å². The van der Waals surface area contributed by atoms with Crippen molar-refractivity contribution in [3.05, 3.63) is 0 Å². The van der Waals surface area contributed by atoms with E-state index in [9.17, 15) is 0 Å². The van der Waals surface area contributed by atoms with Crippen molar-refractivity contribution in [3.63, 3.8) is 0 Å². The van der Waals surface area contributed by atoms with E-state index in [1.165, 1.54) is 0 Å². The summed E-state index contributed by atoms with van der Waals surface area (Å²) in [5, 5.41) is 8.96. The lowest BCUT2D eigenvalue weighted by Crippen LogP contribution is -2.53. The van der Waals surface area contributed by atoms with E-state index in [2.05, 4.69) is 25.1 Å². The molecule has 128 valence electrons. The number of ether oxygens (including phenoxy) is 2. The third kappa shape index (κ3) is 4.64. The Bertz CT molecular complexity index is 354. The zero-order valence-electron chi connectivity index (χ0n) is 14.6. The molecule has 6 heteroatoms. The molecule has 2 N–H and O–H groups in total. The van der Waals surface area contributed by atoms with Gasteiger partial charge < -0.3 is 20.1 Å². The van der Waals surface area contributed by atoms with Crippen molar-refractivity contribution in [1.82, 2.24) is 9.80 Å². The molecule has 2 rings (SSSR count). The Balaban J connectivity index is 0.000000220. The van der Waals surface area contributed by atoms with Crippen LogP contribution in [-0.2, 0) is 9.47 Å². The first-order valence-electron chi connectivity index (χ1n) is 8.04. The lowest BCUT2D eigenvalue weighted by atomic mass is 9.89. The standard InChI is InChI=1S/C8H18N2O.C8H14N2O/c2*1-10(2)8(7-9)3-5-11-6-4-8/h3-7,9H2,1-2H3;3-6H2,1-2H3. The van der Waals surface area contributed by atoms with Gasteiger partial charge in [-0.1, -0.05) is 0 Å². The van der Waals surface area contributed by atoms with E-state index in [4.69, 9.17) is 20.5 Å². The molecule has 22 heavy (non-hydrogen) atoms. The number of nitriles is 1. The van der Waals surface area contributed by atoms with Crippen molar-refractivity contribution < 1.29 is 9.47 Å². The first-order chi connectivity index (χ1) is 10.4. The first-order valence-corrected chi connectivity index (χ1v) is 8.04. The average molecular weight is 312 g/mol. The van der Waals surface area contributed by atoms with Gasteiger partial charge in [-0.2, -0.15) is 5.26 Å². The second-order valence-corrected chi connectivity index (χ2v) is 6.59. The highest BCUT2D eigenvalue weighted by molar-refractivity contribution is 5.07. The van der Waals surface area contributed by atoms with Gasteiger partial charge in [0.15, 0.2) is 0 Å². The molecule has 2 saturated heterocycles. The molecule has 0 atom stereocenters. The van der Waals surface area contributed by atoms with Crippen LogP contribution in [0.4, 0.5) is 0 Å². The highest BCUT2D eigenvalue weighted by Crippen LogP contribution is 2.25. The summed E-state index contributed by atoms with van der Waals surface area (Å²) in [4.78, 5) is 4.23. The van der Waals surface area contributed by atoms with E-state index in [0.717, 1.165) is 45.4 Å². The number of hydrogen-bond acceptors (Lipinski definition) is 6. The fraction of sp³-hybridized carbons (Fsp3) is 0.938. The maximum absolute atomic E-state index is 8.96. The van der Waals surface area contributed by atoms with Gasteiger partial charge in [0.05, 0.1) is 6.07 Å². The van der Waals surface area contributed by atoms with Crippen molar-refractivity contribution in [2.45, 2.75) is 36.8 Å².